The van der Waals surface area contributed by atoms with E-state index in [1.807, 2.05) is 0 Å². The first kappa shape index (κ1) is 14.8. The summed E-state index contributed by atoms with van der Waals surface area (Å²) in [6.07, 6.45) is 3.38. The number of amides is 2. The zero-order valence-corrected chi connectivity index (χ0v) is 12.8. The first-order valence-electron chi connectivity index (χ1n) is 7.68. The van der Waals surface area contributed by atoms with E-state index in [9.17, 15) is 14.4 Å². The number of imide groups is 1. The highest BCUT2D eigenvalue weighted by molar-refractivity contribution is 6.22. The maximum absolute atomic E-state index is 12.8. The van der Waals surface area contributed by atoms with Crippen LogP contribution in [-0.4, -0.2) is 24.4 Å². The van der Waals surface area contributed by atoms with E-state index in [0.29, 0.717) is 17.9 Å². The van der Waals surface area contributed by atoms with Gasteiger partial charge in [-0.2, -0.15) is 0 Å². The number of carbonyl (C=O) groups is 3. The average Bonchev–Trinajstić information content (AvgIpc) is 3.06. The van der Waals surface area contributed by atoms with Crippen LogP contribution in [0.2, 0.25) is 0 Å². The van der Waals surface area contributed by atoms with Crippen molar-refractivity contribution in [1.82, 2.24) is 0 Å². The summed E-state index contributed by atoms with van der Waals surface area (Å²) in [4.78, 5) is 37.9. The minimum Gasteiger partial charge on any atom is -0.462 e. The van der Waals surface area contributed by atoms with Crippen molar-refractivity contribution in [2.24, 2.45) is 0 Å². The highest BCUT2D eigenvalue weighted by atomic mass is 16.5. The summed E-state index contributed by atoms with van der Waals surface area (Å²) < 4.78 is 5.04. The van der Waals surface area contributed by atoms with Crippen LogP contribution >= 0.6 is 0 Å². The van der Waals surface area contributed by atoms with Gasteiger partial charge in [0.15, 0.2) is 0 Å². The number of rotatable bonds is 2. The molecule has 1 aliphatic heterocycles. The van der Waals surface area contributed by atoms with E-state index in [1.165, 1.54) is 11.8 Å². The molecule has 116 valence electrons. The molecule has 0 unspecified atom stereocenters. The van der Waals surface area contributed by atoms with Crippen molar-refractivity contribution in [2.75, 3.05) is 11.5 Å². The molecule has 0 N–H and O–H groups in total. The maximum atomic E-state index is 12.8. The van der Waals surface area contributed by atoms with Gasteiger partial charge >= 0.3 is 5.97 Å². The number of fused-ring (bicyclic) bond motifs is 2. The van der Waals surface area contributed by atoms with E-state index in [2.05, 4.69) is 0 Å². The quantitative estimate of drug-likeness (QED) is 0.788. The summed E-state index contributed by atoms with van der Waals surface area (Å²) in [7, 11) is 0. The molecule has 0 saturated heterocycles. The number of nitrogens with zero attached hydrogens (tertiary/aromatic N) is 1. The van der Waals surface area contributed by atoms with Crippen molar-refractivity contribution in [3.63, 3.8) is 0 Å². The number of benzene rings is 1. The summed E-state index contributed by atoms with van der Waals surface area (Å²) >= 11 is 0. The van der Waals surface area contributed by atoms with Crippen LogP contribution in [0.4, 0.5) is 5.69 Å². The number of carbonyl (C=O) groups excluding carboxylic acids is 3. The molecule has 1 saturated carbocycles. The van der Waals surface area contributed by atoms with Crippen molar-refractivity contribution >= 4 is 23.5 Å². The Hall–Kier alpha value is -2.17. The van der Waals surface area contributed by atoms with Gasteiger partial charge in [0.25, 0.3) is 0 Å². The third kappa shape index (κ3) is 1.95. The van der Waals surface area contributed by atoms with E-state index in [-0.39, 0.29) is 11.8 Å². The zero-order chi connectivity index (χ0) is 15.9. The lowest BCUT2D eigenvalue weighted by Gasteiger charge is -2.22. The van der Waals surface area contributed by atoms with E-state index in [0.717, 1.165) is 31.2 Å². The molecule has 5 nitrogen and oxygen atoms in total. The number of anilines is 1. The van der Waals surface area contributed by atoms with Crippen LogP contribution in [0.3, 0.4) is 0 Å². The topological polar surface area (TPSA) is 63.7 Å². The second-order valence-electron chi connectivity index (χ2n) is 5.90. The van der Waals surface area contributed by atoms with E-state index < -0.39 is 11.4 Å². The number of hydrogen-bond donors (Lipinski definition) is 0. The van der Waals surface area contributed by atoms with Gasteiger partial charge in [0.05, 0.1) is 23.3 Å². The normalized spacial score (nSPS) is 18.6. The molecule has 0 radical (unpaired) electrons. The molecule has 3 rings (SSSR count). The highest BCUT2D eigenvalue weighted by Gasteiger charge is 2.53. The molecule has 2 amide bonds. The molecule has 1 heterocycles. The van der Waals surface area contributed by atoms with Crippen molar-refractivity contribution < 1.29 is 19.1 Å². The van der Waals surface area contributed by atoms with Crippen LogP contribution in [0, 0.1) is 0 Å². The minimum atomic E-state index is -0.635. The van der Waals surface area contributed by atoms with Crippen LogP contribution in [0.25, 0.3) is 0 Å². The Morgan fingerprint density at radius 2 is 1.95 bits per heavy atom. The summed E-state index contributed by atoms with van der Waals surface area (Å²) in [6.45, 7) is 3.46. The Morgan fingerprint density at radius 1 is 1.27 bits per heavy atom. The molecule has 1 fully saturated rings. The molecule has 1 spiro atoms. The van der Waals surface area contributed by atoms with E-state index in [1.54, 1.807) is 25.1 Å². The van der Waals surface area contributed by atoms with Gasteiger partial charge in [0, 0.05) is 6.92 Å². The standard InChI is InChI=1S/C17H19NO4/c1-3-22-15(20)12-6-7-14-13(10-12)17(8-4-5-9-17)16(21)18(14)11(2)19/h6-7,10H,3-5,8-9H2,1-2H3. The van der Waals surface area contributed by atoms with Gasteiger partial charge in [0.1, 0.15) is 0 Å². The average molecular weight is 301 g/mol. The lowest BCUT2D eigenvalue weighted by Crippen LogP contribution is -2.40. The Labute approximate surface area is 129 Å². The lowest BCUT2D eigenvalue weighted by molar-refractivity contribution is -0.128. The molecule has 22 heavy (non-hydrogen) atoms. The maximum Gasteiger partial charge on any atom is 0.338 e. The molecule has 2 aliphatic rings. The van der Waals surface area contributed by atoms with Crippen molar-refractivity contribution in [3.8, 4) is 0 Å². The van der Waals surface area contributed by atoms with E-state index in [4.69, 9.17) is 4.74 Å². The van der Waals surface area contributed by atoms with Crippen molar-refractivity contribution in [2.45, 2.75) is 44.9 Å². The van der Waals surface area contributed by atoms with Crippen molar-refractivity contribution in [3.05, 3.63) is 29.3 Å². The summed E-state index contributed by atoms with van der Waals surface area (Å²) in [5.41, 5.74) is 1.22. The monoisotopic (exact) mass is 301 g/mol. The fraction of sp³-hybridized carbons (Fsp3) is 0.471. The molecule has 0 bridgehead atoms. The third-order valence-electron chi connectivity index (χ3n) is 4.65. The van der Waals surface area contributed by atoms with E-state index >= 15 is 0 Å². The Balaban J connectivity index is 2.13. The summed E-state index contributed by atoms with van der Waals surface area (Å²) in [6, 6.07) is 5.04. The molecule has 5 heteroatoms. The van der Waals surface area contributed by atoms with Gasteiger partial charge in [-0.15, -0.1) is 0 Å². The molecule has 0 aromatic heterocycles. The fourth-order valence-electron chi connectivity index (χ4n) is 3.67. The third-order valence-corrected chi connectivity index (χ3v) is 4.65. The fourth-order valence-corrected chi connectivity index (χ4v) is 3.67. The SMILES string of the molecule is CCOC(=O)c1ccc2c(c1)C1(CCCC1)C(=O)N2C(C)=O. The number of ether oxygens (including phenoxy) is 1. The molecule has 0 atom stereocenters. The zero-order valence-electron chi connectivity index (χ0n) is 12.8. The van der Waals surface area contributed by atoms with Gasteiger partial charge in [-0.25, -0.2) is 9.69 Å². The van der Waals surface area contributed by atoms with Crippen molar-refractivity contribution in [1.29, 1.82) is 0 Å². The van der Waals surface area contributed by atoms with Gasteiger partial charge < -0.3 is 4.74 Å². The predicted molar refractivity (Wildman–Crippen MR) is 80.7 cm³/mol. The van der Waals surface area contributed by atoms with Gasteiger partial charge in [-0.3, -0.25) is 9.59 Å². The van der Waals surface area contributed by atoms with Crippen LogP contribution in [0.15, 0.2) is 18.2 Å². The highest BCUT2D eigenvalue weighted by Crippen LogP contribution is 2.51. The van der Waals surface area contributed by atoms with Gasteiger partial charge in [0.2, 0.25) is 11.8 Å². The summed E-state index contributed by atoms with van der Waals surface area (Å²) in [5.74, 6) is -0.820. The molecular formula is C17H19NO4. The lowest BCUT2D eigenvalue weighted by atomic mass is 9.79. The largest absolute Gasteiger partial charge is 0.462 e. The van der Waals surface area contributed by atoms with Crippen LogP contribution in [0.5, 0.6) is 0 Å². The van der Waals surface area contributed by atoms with Gasteiger partial charge in [-0.05, 0) is 43.5 Å². The smallest absolute Gasteiger partial charge is 0.338 e. The number of hydrogen-bond acceptors (Lipinski definition) is 4. The molecule has 1 aromatic carbocycles. The molecule has 1 aromatic rings. The Kier molecular flexibility index (Phi) is 3.51. The molecular weight excluding hydrogens is 282 g/mol. The Bertz CT molecular complexity index is 659. The van der Waals surface area contributed by atoms with Crippen LogP contribution in [-0.2, 0) is 19.7 Å². The predicted octanol–water partition coefficient (Wildman–Crippen LogP) is 2.57. The van der Waals surface area contributed by atoms with Crippen LogP contribution in [0.1, 0.15) is 55.5 Å². The number of esters is 1. The first-order valence-corrected chi connectivity index (χ1v) is 7.68. The second-order valence-corrected chi connectivity index (χ2v) is 5.90. The molecule has 1 aliphatic carbocycles. The van der Waals surface area contributed by atoms with Crippen LogP contribution < -0.4 is 4.90 Å². The minimum absolute atomic E-state index is 0.145. The first-order chi connectivity index (χ1) is 10.5. The Morgan fingerprint density at radius 3 is 2.55 bits per heavy atom. The van der Waals surface area contributed by atoms with Gasteiger partial charge in [-0.1, -0.05) is 12.8 Å². The second kappa shape index (κ2) is 5.23. The summed E-state index contributed by atoms with van der Waals surface area (Å²) in [5, 5.41) is 0.